The largest absolute Gasteiger partial charge is 0.467 e. The number of carbonyl (C=O) groups excluding carboxylic acids is 3. The van der Waals surface area contributed by atoms with Crippen LogP contribution in [-0.2, 0) is 19.1 Å². The highest BCUT2D eigenvalue weighted by molar-refractivity contribution is 5.78. The first kappa shape index (κ1) is 19.2. The van der Waals surface area contributed by atoms with Crippen LogP contribution in [0.3, 0.4) is 0 Å². The molecule has 0 bridgehead atoms. The maximum Gasteiger partial charge on any atom is 0.407 e. The summed E-state index contributed by atoms with van der Waals surface area (Å²) in [7, 11) is 1.16. The normalized spacial score (nSPS) is 12.2. The molecule has 8 nitrogen and oxygen atoms in total. The van der Waals surface area contributed by atoms with E-state index in [0.29, 0.717) is 0 Å². The fraction of sp³-hybridized carbons (Fsp3) is 0.769. The van der Waals surface area contributed by atoms with Crippen LogP contribution in [0.2, 0.25) is 0 Å². The number of alkyl carbamates (subject to hydrolysis) is 1. The third-order valence-corrected chi connectivity index (χ3v) is 2.23. The lowest BCUT2D eigenvalue weighted by atomic mass is 10.2. The van der Waals surface area contributed by atoms with Gasteiger partial charge in [0, 0.05) is 19.5 Å². The minimum atomic E-state index is -1.30. The summed E-state index contributed by atoms with van der Waals surface area (Å²) >= 11 is 0. The van der Waals surface area contributed by atoms with Crippen molar-refractivity contribution in [1.82, 2.24) is 10.6 Å². The molecule has 0 radical (unpaired) electrons. The number of hydrogen-bond acceptors (Lipinski definition) is 6. The van der Waals surface area contributed by atoms with Crippen LogP contribution in [0.1, 0.15) is 33.6 Å². The van der Waals surface area contributed by atoms with Crippen LogP contribution in [0.25, 0.3) is 0 Å². The Balaban J connectivity index is 3.72. The van der Waals surface area contributed by atoms with Gasteiger partial charge in [-0.15, -0.1) is 0 Å². The van der Waals surface area contributed by atoms with Crippen LogP contribution in [0.5, 0.6) is 0 Å². The van der Waals surface area contributed by atoms with Gasteiger partial charge in [-0.3, -0.25) is 4.79 Å². The first-order valence-electron chi connectivity index (χ1n) is 6.65. The van der Waals surface area contributed by atoms with Gasteiger partial charge < -0.3 is 25.2 Å². The third-order valence-electron chi connectivity index (χ3n) is 2.23. The molecule has 122 valence electrons. The van der Waals surface area contributed by atoms with E-state index in [0.717, 1.165) is 7.11 Å². The van der Waals surface area contributed by atoms with Gasteiger partial charge >= 0.3 is 12.1 Å². The second kappa shape index (κ2) is 9.17. The molecule has 0 saturated heterocycles. The number of carbonyl (C=O) groups is 3. The lowest BCUT2D eigenvalue weighted by Crippen LogP contribution is -2.38. The van der Waals surface area contributed by atoms with Gasteiger partial charge in [0.2, 0.25) is 5.91 Å². The molecule has 0 unspecified atom stereocenters. The molecule has 3 N–H and O–H groups in total. The lowest BCUT2D eigenvalue weighted by Gasteiger charge is -2.19. The molecule has 0 rings (SSSR count). The van der Waals surface area contributed by atoms with Gasteiger partial charge in [0.05, 0.1) is 7.11 Å². The first-order valence-corrected chi connectivity index (χ1v) is 6.65. The Morgan fingerprint density at radius 1 is 1.14 bits per heavy atom. The summed E-state index contributed by atoms with van der Waals surface area (Å²) < 4.78 is 9.34. The van der Waals surface area contributed by atoms with Crippen LogP contribution in [-0.4, -0.2) is 55.0 Å². The Labute approximate surface area is 124 Å². The van der Waals surface area contributed by atoms with Crippen LogP contribution in [0.15, 0.2) is 0 Å². The van der Waals surface area contributed by atoms with Gasteiger partial charge in [-0.1, -0.05) is 0 Å². The predicted molar refractivity (Wildman–Crippen MR) is 74.5 cm³/mol. The van der Waals surface area contributed by atoms with Crippen LogP contribution >= 0.6 is 0 Å². The van der Waals surface area contributed by atoms with Gasteiger partial charge in [0.1, 0.15) is 5.60 Å². The minimum Gasteiger partial charge on any atom is -0.467 e. The molecule has 21 heavy (non-hydrogen) atoms. The van der Waals surface area contributed by atoms with E-state index in [2.05, 4.69) is 15.4 Å². The highest BCUT2D eigenvalue weighted by atomic mass is 16.6. The summed E-state index contributed by atoms with van der Waals surface area (Å²) in [5.41, 5.74) is -0.572. The zero-order chi connectivity index (χ0) is 16.5. The predicted octanol–water partition coefficient (Wildman–Crippen LogP) is -0.0586. The van der Waals surface area contributed by atoms with Gasteiger partial charge in [0.15, 0.2) is 6.10 Å². The van der Waals surface area contributed by atoms with E-state index in [1.165, 1.54) is 0 Å². The number of nitrogens with one attached hydrogen (secondary N) is 2. The molecule has 0 aliphatic heterocycles. The van der Waals surface area contributed by atoms with Crippen molar-refractivity contribution in [3.63, 3.8) is 0 Å². The summed E-state index contributed by atoms with van der Waals surface area (Å²) in [4.78, 5) is 33.6. The Morgan fingerprint density at radius 2 is 1.71 bits per heavy atom. The van der Waals surface area contributed by atoms with Crippen molar-refractivity contribution in [1.29, 1.82) is 0 Å². The number of aliphatic hydroxyl groups excluding tert-OH is 1. The van der Waals surface area contributed by atoms with E-state index in [9.17, 15) is 19.5 Å². The van der Waals surface area contributed by atoms with Crippen molar-refractivity contribution in [3.8, 4) is 0 Å². The number of esters is 1. The number of rotatable bonds is 7. The van der Waals surface area contributed by atoms with Crippen molar-refractivity contribution >= 4 is 18.0 Å². The Bertz CT molecular complexity index is 364. The molecular formula is C13H24N2O6. The SMILES string of the molecule is COC(=O)[C@H](O)CCC(=O)NCCNC(=O)OC(C)(C)C. The fourth-order valence-electron chi connectivity index (χ4n) is 1.29. The van der Waals surface area contributed by atoms with Crippen molar-refractivity contribution in [2.75, 3.05) is 20.2 Å². The highest BCUT2D eigenvalue weighted by Gasteiger charge is 2.17. The molecule has 0 saturated carbocycles. The molecule has 2 amide bonds. The Morgan fingerprint density at radius 3 is 2.24 bits per heavy atom. The molecule has 0 aromatic heterocycles. The van der Waals surface area contributed by atoms with E-state index in [-0.39, 0.29) is 31.8 Å². The minimum absolute atomic E-state index is 0.0112. The quantitative estimate of drug-likeness (QED) is 0.448. The molecule has 1 atom stereocenters. The molecule has 0 aliphatic carbocycles. The Hall–Kier alpha value is -1.83. The first-order chi connectivity index (χ1) is 9.65. The van der Waals surface area contributed by atoms with Crippen LogP contribution < -0.4 is 10.6 Å². The summed E-state index contributed by atoms with van der Waals surface area (Å²) in [6, 6.07) is 0. The summed E-state index contributed by atoms with van der Waals surface area (Å²) in [5.74, 6) is -1.10. The molecule has 0 heterocycles. The van der Waals surface area contributed by atoms with E-state index in [4.69, 9.17) is 4.74 Å². The highest BCUT2D eigenvalue weighted by Crippen LogP contribution is 2.06. The average molecular weight is 304 g/mol. The molecular weight excluding hydrogens is 280 g/mol. The number of hydrogen-bond donors (Lipinski definition) is 3. The van der Waals surface area contributed by atoms with Crippen LogP contribution in [0, 0.1) is 0 Å². The van der Waals surface area contributed by atoms with Crippen molar-refractivity contribution in [2.24, 2.45) is 0 Å². The third kappa shape index (κ3) is 10.6. The van der Waals surface area contributed by atoms with Crippen molar-refractivity contribution in [2.45, 2.75) is 45.3 Å². The number of aliphatic hydroxyl groups is 1. The smallest absolute Gasteiger partial charge is 0.407 e. The number of amides is 2. The topological polar surface area (TPSA) is 114 Å². The summed E-state index contributed by atoms with van der Waals surface area (Å²) in [6.07, 6.45) is -1.89. The standard InChI is InChI=1S/C13H24N2O6/c1-13(2,3)21-12(19)15-8-7-14-10(17)6-5-9(16)11(18)20-4/h9,16H,5-8H2,1-4H3,(H,14,17)(H,15,19)/t9-/m1/s1. The fourth-order valence-corrected chi connectivity index (χ4v) is 1.29. The van der Waals surface area contributed by atoms with Gasteiger partial charge in [-0.05, 0) is 27.2 Å². The maximum absolute atomic E-state index is 11.4. The molecule has 0 aromatic rings. The molecule has 0 aliphatic rings. The monoisotopic (exact) mass is 304 g/mol. The second-order valence-electron chi connectivity index (χ2n) is 5.36. The second-order valence-corrected chi connectivity index (χ2v) is 5.36. The van der Waals surface area contributed by atoms with Crippen molar-refractivity contribution < 1.29 is 29.0 Å². The van der Waals surface area contributed by atoms with E-state index < -0.39 is 23.8 Å². The number of methoxy groups -OCH3 is 1. The van der Waals surface area contributed by atoms with E-state index in [1.54, 1.807) is 20.8 Å². The lowest BCUT2D eigenvalue weighted by molar-refractivity contribution is -0.150. The molecule has 0 spiro atoms. The van der Waals surface area contributed by atoms with E-state index >= 15 is 0 Å². The zero-order valence-corrected chi connectivity index (χ0v) is 12.9. The summed E-state index contributed by atoms with van der Waals surface area (Å²) in [6.45, 7) is 5.70. The molecule has 8 heteroatoms. The van der Waals surface area contributed by atoms with Crippen LogP contribution in [0.4, 0.5) is 4.79 Å². The average Bonchev–Trinajstić information content (AvgIpc) is 2.37. The molecule has 0 aromatic carbocycles. The zero-order valence-electron chi connectivity index (χ0n) is 12.9. The van der Waals surface area contributed by atoms with Gasteiger partial charge in [-0.2, -0.15) is 0 Å². The molecule has 0 fully saturated rings. The maximum atomic E-state index is 11.4. The number of ether oxygens (including phenoxy) is 2. The van der Waals surface area contributed by atoms with E-state index in [1.807, 2.05) is 0 Å². The Kier molecular flexibility index (Phi) is 8.37. The van der Waals surface area contributed by atoms with Crippen molar-refractivity contribution in [3.05, 3.63) is 0 Å². The van der Waals surface area contributed by atoms with Gasteiger partial charge in [0.25, 0.3) is 0 Å². The van der Waals surface area contributed by atoms with Gasteiger partial charge in [-0.25, -0.2) is 9.59 Å². The summed E-state index contributed by atoms with van der Waals surface area (Å²) in [5, 5.41) is 14.3.